The van der Waals surface area contributed by atoms with Crippen LogP contribution >= 0.6 is 0 Å². The average Bonchev–Trinajstić information content (AvgIpc) is 2.62. The molecule has 0 N–H and O–H groups in total. The molecule has 0 saturated heterocycles. The monoisotopic (exact) mass is 300 g/mol. The molecule has 23 heavy (non-hydrogen) atoms. The van der Waals surface area contributed by atoms with E-state index in [-0.39, 0.29) is 11.3 Å². The van der Waals surface area contributed by atoms with Gasteiger partial charge in [0, 0.05) is 16.7 Å². The number of carbonyl (C=O) groups excluding carboxylic acids is 1. The molecule has 3 aromatic carbocycles. The van der Waals surface area contributed by atoms with Crippen LogP contribution < -0.4 is 0 Å². The molecule has 0 aliphatic rings. The molecule has 0 aliphatic carbocycles. The Balaban J connectivity index is 1.94. The topological polar surface area (TPSA) is 17.1 Å². The number of halogens is 1. The first-order valence-corrected chi connectivity index (χ1v) is 7.15. The summed E-state index contributed by atoms with van der Waals surface area (Å²) in [6.07, 6.45) is 5.37. The van der Waals surface area contributed by atoms with Crippen LogP contribution in [0.2, 0.25) is 0 Å². The van der Waals surface area contributed by atoms with Crippen molar-refractivity contribution in [3.63, 3.8) is 0 Å². The Morgan fingerprint density at radius 3 is 2.17 bits per heavy atom. The Bertz CT molecular complexity index is 887. The van der Waals surface area contributed by atoms with E-state index in [1.807, 2.05) is 42.5 Å². The Morgan fingerprint density at radius 1 is 0.870 bits per heavy atom. The van der Waals surface area contributed by atoms with E-state index in [2.05, 4.69) is 5.92 Å². The number of benzene rings is 3. The SMILES string of the molecule is C#Cc1cc(F)ccc1C(=O)c1ccc(-c2ccccc2)cc1. The summed E-state index contributed by atoms with van der Waals surface area (Å²) in [5.41, 5.74) is 3.23. The first kappa shape index (κ1) is 14.7. The molecular formula is C21H13FO. The Kier molecular flexibility index (Phi) is 4.03. The molecule has 3 rings (SSSR count). The predicted molar refractivity (Wildman–Crippen MR) is 89.6 cm³/mol. The van der Waals surface area contributed by atoms with Gasteiger partial charge in [0.2, 0.25) is 0 Å². The van der Waals surface area contributed by atoms with Crippen LogP contribution in [0.15, 0.2) is 72.8 Å². The van der Waals surface area contributed by atoms with Gasteiger partial charge in [0.25, 0.3) is 0 Å². The molecule has 0 aromatic heterocycles. The van der Waals surface area contributed by atoms with Crippen molar-refractivity contribution in [2.45, 2.75) is 0 Å². The van der Waals surface area contributed by atoms with Crippen molar-refractivity contribution in [2.75, 3.05) is 0 Å². The van der Waals surface area contributed by atoms with Crippen molar-refractivity contribution in [1.82, 2.24) is 0 Å². The lowest BCUT2D eigenvalue weighted by Gasteiger charge is -2.06. The number of hydrogen-bond acceptors (Lipinski definition) is 1. The smallest absolute Gasteiger partial charge is 0.194 e. The highest BCUT2D eigenvalue weighted by molar-refractivity contribution is 6.10. The summed E-state index contributed by atoms with van der Waals surface area (Å²) in [5.74, 6) is 1.70. The van der Waals surface area contributed by atoms with Crippen molar-refractivity contribution in [1.29, 1.82) is 0 Å². The van der Waals surface area contributed by atoms with Crippen molar-refractivity contribution < 1.29 is 9.18 Å². The lowest BCUT2D eigenvalue weighted by Crippen LogP contribution is -2.04. The summed E-state index contributed by atoms with van der Waals surface area (Å²) in [6, 6.07) is 21.1. The van der Waals surface area contributed by atoms with Crippen LogP contribution in [-0.2, 0) is 0 Å². The second-order valence-electron chi connectivity index (χ2n) is 5.11. The van der Waals surface area contributed by atoms with E-state index in [4.69, 9.17) is 6.42 Å². The van der Waals surface area contributed by atoms with Gasteiger partial charge < -0.3 is 0 Å². The molecule has 1 nitrogen and oxygen atoms in total. The van der Waals surface area contributed by atoms with Crippen LogP contribution in [0.5, 0.6) is 0 Å². The molecule has 110 valence electrons. The zero-order valence-corrected chi connectivity index (χ0v) is 12.3. The van der Waals surface area contributed by atoms with Crippen LogP contribution in [0.1, 0.15) is 21.5 Å². The van der Waals surface area contributed by atoms with Crippen LogP contribution in [0.4, 0.5) is 4.39 Å². The number of terminal acetylenes is 1. The van der Waals surface area contributed by atoms with E-state index in [1.54, 1.807) is 12.1 Å². The molecule has 0 amide bonds. The first-order chi connectivity index (χ1) is 11.2. The van der Waals surface area contributed by atoms with Gasteiger partial charge in [0.05, 0.1) is 0 Å². The Labute approximate surface area is 134 Å². The minimum absolute atomic E-state index is 0.211. The Morgan fingerprint density at radius 2 is 1.52 bits per heavy atom. The van der Waals surface area contributed by atoms with E-state index in [9.17, 15) is 9.18 Å². The summed E-state index contributed by atoms with van der Waals surface area (Å²) in [5, 5.41) is 0. The molecule has 0 radical (unpaired) electrons. The van der Waals surface area contributed by atoms with E-state index in [1.165, 1.54) is 18.2 Å². The maximum atomic E-state index is 13.2. The van der Waals surface area contributed by atoms with Gasteiger partial charge in [0.15, 0.2) is 5.78 Å². The van der Waals surface area contributed by atoms with Crippen LogP contribution in [0, 0.1) is 18.2 Å². The molecule has 0 spiro atoms. The highest BCUT2D eigenvalue weighted by Gasteiger charge is 2.13. The molecule has 0 fully saturated rings. The quantitative estimate of drug-likeness (QED) is 0.506. The van der Waals surface area contributed by atoms with E-state index >= 15 is 0 Å². The zero-order chi connectivity index (χ0) is 16.2. The Hall–Kier alpha value is -3.18. The number of ketones is 1. The molecule has 3 aromatic rings. The summed E-state index contributed by atoms with van der Waals surface area (Å²) in [6.45, 7) is 0. The molecule has 0 aliphatic heterocycles. The first-order valence-electron chi connectivity index (χ1n) is 7.15. The molecule has 0 saturated carbocycles. The highest BCUT2D eigenvalue weighted by atomic mass is 19.1. The van der Waals surface area contributed by atoms with Gasteiger partial charge >= 0.3 is 0 Å². The third-order valence-electron chi connectivity index (χ3n) is 3.64. The largest absolute Gasteiger partial charge is 0.289 e. The van der Waals surface area contributed by atoms with Crippen molar-refractivity contribution in [2.24, 2.45) is 0 Å². The van der Waals surface area contributed by atoms with Gasteiger partial charge in [-0.1, -0.05) is 60.5 Å². The van der Waals surface area contributed by atoms with Gasteiger partial charge in [-0.15, -0.1) is 6.42 Å². The molecular weight excluding hydrogens is 287 g/mol. The fourth-order valence-corrected chi connectivity index (χ4v) is 2.43. The third kappa shape index (κ3) is 3.04. The van der Waals surface area contributed by atoms with E-state index in [0.29, 0.717) is 11.1 Å². The summed E-state index contributed by atoms with van der Waals surface area (Å²) in [4.78, 5) is 12.6. The third-order valence-corrected chi connectivity index (χ3v) is 3.64. The van der Waals surface area contributed by atoms with Gasteiger partial charge in [-0.2, -0.15) is 0 Å². The van der Waals surface area contributed by atoms with E-state index in [0.717, 1.165) is 11.1 Å². The van der Waals surface area contributed by atoms with Crippen LogP contribution in [-0.4, -0.2) is 5.78 Å². The number of carbonyl (C=O) groups is 1. The van der Waals surface area contributed by atoms with Gasteiger partial charge in [-0.3, -0.25) is 4.79 Å². The normalized spacial score (nSPS) is 10.1. The zero-order valence-electron chi connectivity index (χ0n) is 12.3. The maximum Gasteiger partial charge on any atom is 0.194 e. The van der Waals surface area contributed by atoms with Gasteiger partial charge in [0.1, 0.15) is 5.82 Å². The fraction of sp³-hybridized carbons (Fsp3) is 0. The van der Waals surface area contributed by atoms with E-state index < -0.39 is 5.82 Å². The van der Waals surface area contributed by atoms with Crippen LogP contribution in [0.3, 0.4) is 0 Å². The fourth-order valence-electron chi connectivity index (χ4n) is 2.43. The number of hydrogen-bond donors (Lipinski definition) is 0. The molecule has 0 bridgehead atoms. The lowest BCUT2D eigenvalue weighted by atomic mass is 9.96. The predicted octanol–water partition coefficient (Wildman–Crippen LogP) is 4.71. The van der Waals surface area contributed by atoms with Crippen LogP contribution in [0.25, 0.3) is 11.1 Å². The van der Waals surface area contributed by atoms with Crippen molar-refractivity contribution in [3.8, 4) is 23.5 Å². The highest BCUT2D eigenvalue weighted by Crippen LogP contribution is 2.21. The number of rotatable bonds is 3. The molecule has 0 heterocycles. The second kappa shape index (κ2) is 6.29. The lowest BCUT2D eigenvalue weighted by molar-refractivity contribution is 0.103. The molecule has 0 unspecified atom stereocenters. The molecule has 2 heteroatoms. The maximum absolute atomic E-state index is 13.2. The van der Waals surface area contributed by atoms with Gasteiger partial charge in [-0.25, -0.2) is 4.39 Å². The summed E-state index contributed by atoms with van der Waals surface area (Å²) < 4.78 is 13.2. The van der Waals surface area contributed by atoms with Gasteiger partial charge in [-0.05, 0) is 29.3 Å². The summed E-state index contributed by atoms with van der Waals surface area (Å²) in [7, 11) is 0. The average molecular weight is 300 g/mol. The minimum atomic E-state index is -0.450. The summed E-state index contributed by atoms with van der Waals surface area (Å²) >= 11 is 0. The molecule has 0 atom stereocenters. The van der Waals surface area contributed by atoms with Crippen molar-refractivity contribution in [3.05, 3.63) is 95.3 Å². The van der Waals surface area contributed by atoms with Crippen molar-refractivity contribution >= 4 is 5.78 Å². The standard InChI is InChI=1S/C21H13FO/c1-2-15-14-19(22)12-13-20(15)21(23)18-10-8-17(9-11-18)16-6-4-3-5-7-16/h1,3-14H. The minimum Gasteiger partial charge on any atom is -0.289 e. The second-order valence-corrected chi connectivity index (χ2v) is 5.11.